The summed E-state index contributed by atoms with van der Waals surface area (Å²) in [5.41, 5.74) is 3.41. The second-order valence-electron chi connectivity index (χ2n) is 6.79. The van der Waals surface area contributed by atoms with Crippen molar-refractivity contribution in [2.75, 3.05) is 13.4 Å². The van der Waals surface area contributed by atoms with Gasteiger partial charge in [0.15, 0.2) is 23.0 Å². The molecule has 0 saturated carbocycles. The van der Waals surface area contributed by atoms with Crippen LogP contribution in [0.25, 0.3) is 16.8 Å². The molecule has 0 radical (unpaired) electrons. The van der Waals surface area contributed by atoms with Gasteiger partial charge in [-0.2, -0.15) is 5.10 Å². The van der Waals surface area contributed by atoms with E-state index in [9.17, 15) is 4.79 Å². The van der Waals surface area contributed by atoms with Crippen LogP contribution in [0.4, 0.5) is 0 Å². The standard InChI is InChI=1S/C23H18N2O5/c26-23(25-24-9-3-4-15-7-8-18-19(10-15)29-14-28-18)22-13-27-20-11-16-5-1-2-6-17(16)12-21(20)30-22/h1-12,22H,13-14H2,(H,25,26). The Balaban J connectivity index is 1.18. The zero-order valence-electron chi connectivity index (χ0n) is 15.9. The van der Waals surface area contributed by atoms with Crippen LogP contribution in [0.1, 0.15) is 5.56 Å². The summed E-state index contributed by atoms with van der Waals surface area (Å²) in [6, 6.07) is 17.3. The van der Waals surface area contributed by atoms with Crippen LogP contribution in [0.3, 0.4) is 0 Å². The lowest BCUT2D eigenvalue weighted by molar-refractivity contribution is -0.130. The van der Waals surface area contributed by atoms with E-state index in [4.69, 9.17) is 18.9 Å². The molecule has 0 aromatic heterocycles. The number of carbonyl (C=O) groups excluding carboxylic acids is 1. The number of benzene rings is 3. The molecule has 2 aliphatic heterocycles. The third kappa shape index (κ3) is 3.65. The predicted octanol–water partition coefficient (Wildman–Crippen LogP) is 3.52. The fourth-order valence-corrected chi connectivity index (χ4v) is 3.27. The van der Waals surface area contributed by atoms with Crippen LogP contribution in [-0.2, 0) is 4.79 Å². The quantitative estimate of drug-likeness (QED) is 0.534. The lowest BCUT2D eigenvalue weighted by Crippen LogP contribution is -2.42. The molecule has 1 amide bonds. The van der Waals surface area contributed by atoms with Crippen LogP contribution in [0, 0.1) is 0 Å². The Morgan fingerprint density at radius 2 is 1.70 bits per heavy atom. The number of hydrogen-bond acceptors (Lipinski definition) is 6. The van der Waals surface area contributed by atoms with E-state index in [0.29, 0.717) is 17.2 Å². The number of rotatable bonds is 4. The van der Waals surface area contributed by atoms with Gasteiger partial charge in [0.1, 0.15) is 6.61 Å². The van der Waals surface area contributed by atoms with Gasteiger partial charge in [-0.1, -0.05) is 36.4 Å². The number of amides is 1. The number of hydrogen-bond donors (Lipinski definition) is 1. The molecule has 7 heteroatoms. The number of allylic oxidation sites excluding steroid dienone is 1. The van der Waals surface area contributed by atoms with Gasteiger partial charge >= 0.3 is 0 Å². The number of ether oxygens (including phenoxy) is 4. The van der Waals surface area contributed by atoms with Gasteiger partial charge in [0, 0.05) is 6.21 Å². The summed E-state index contributed by atoms with van der Waals surface area (Å²) in [5, 5.41) is 6.02. The Hall–Kier alpha value is -4.00. The molecule has 150 valence electrons. The Morgan fingerprint density at radius 1 is 0.933 bits per heavy atom. The normalized spacial score (nSPS) is 17.0. The Labute approximate surface area is 172 Å². The van der Waals surface area contributed by atoms with Crippen molar-refractivity contribution in [3.05, 3.63) is 66.2 Å². The number of carbonyl (C=O) groups is 1. The SMILES string of the molecule is O=C(NN=CC=Cc1ccc2c(c1)OCO2)C1COc2cc3ccccc3cc2O1. The minimum absolute atomic E-state index is 0.125. The first kappa shape index (κ1) is 18.1. The Morgan fingerprint density at radius 3 is 2.57 bits per heavy atom. The van der Waals surface area contributed by atoms with E-state index in [-0.39, 0.29) is 19.3 Å². The summed E-state index contributed by atoms with van der Waals surface area (Å²) >= 11 is 0. The highest BCUT2D eigenvalue weighted by atomic mass is 16.7. The summed E-state index contributed by atoms with van der Waals surface area (Å²) in [6.45, 7) is 0.364. The summed E-state index contributed by atoms with van der Waals surface area (Å²) in [5.74, 6) is 2.25. The molecule has 1 atom stereocenters. The maximum Gasteiger partial charge on any atom is 0.284 e. The zero-order valence-corrected chi connectivity index (χ0v) is 15.9. The van der Waals surface area contributed by atoms with Gasteiger partial charge < -0.3 is 18.9 Å². The van der Waals surface area contributed by atoms with Crippen LogP contribution in [-0.4, -0.2) is 31.6 Å². The Bertz CT molecular complexity index is 1170. The monoisotopic (exact) mass is 402 g/mol. The average molecular weight is 402 g/mol. The number of hydrazone groups is 1. The van der Waals surface area contributed by atoms with Gasteiger partial charge in [0.2, 0.25) is 12.9 Å². The van der Waals surface area contributed by atoms with E-state index in [0.717, 1.165) is 22.1 Å². The molecule has 5 rings (SSSR count). The van der Waals surface area contributed by atoms with Crippen molar-refractivity contribution in [2.45, 2.75) is 6.10 Å². The van der Waals surface area contributed by atoms with Crippen LogP contribution in [0.2, 0.25) is 0 Å². The second kappa shape index (κ2) is 7.79. The molecule has 3 aromatic rings. The summed E-state index contributed by atoms with van der Waals surface area (Å²) in [7, 11) is 0. The van der Waals surface area contributed by atoms with E-state index in [1.807, 2.05) is 60.7 Å². The van der Waals surface area contributed by atoms with Crippen molar-refractivity contribution >= 4 is 29.0 Å². The molecule has 0 bridgehead atoms. The van der Waals surface area contributed by atoms with Crippen molar-refractivity contribution in [1.82, 2.24) is 5.43 Å². The van der Waals surface area contributed by atoms with E-state index in [2.05, 4.69) is 10.5 Å². The largest absolute Gasteiger partial charge is 0.485 e. The first-order valence-electron chi connectivity index (χ1n) is 9.48. The third-order valence-electron chi connectivity index (χ3n) is 4.78. The third-order valence-corrected chi connectivity index (χ3v) is 4.78. The van der Waals surface area contributed by atoms with Crippen molar-refractivity contribution in [1.29, 1.82) is 0 Å². The van der Waals surface area contributed by atoms with Gasteiger partial charge in [0.05, 0.1) is 0 Å². The zero-order chi connectivity index (χ0) is 20.3. The molecule has 0 spiro atoms. The molecule has 0 saturated heterocycles. The van der Waals surface area contributed by atoms with Crippen LogP contribution in [0.15, 0.2) is 65.8 Å². The molecule has 0 aliphatic carbocycles. The molecular formula is C23H18N2O5. The minimum Gasteiger partial charge on any atom is -0.485 e. The lowest BCUT2D eigenvalue weighted by atomic mass is 10.1. The fraction of sp³-hybridized carbons (Fsp3) is 0.130. The van der Waals surface area contributed by atoms with Gasteiger partial charge in [-0.3, -0.25) is 4.79 Å². The maximum atomic E-state index is 12.3. The summed E-state index contributed by atoms with van der Waals surface area (Å²) < 4.78 is 22.2. The average Bonchev–Trinajstić information content (AvgIpc) is 3.25. The molecule has 0 fully saturated rings. The highest BCUT2D eigenvalue weighted by molar-refractivity contribution is 5.87. The summed E-state index contributed by atoms with van der Waals surface area (Å²) in [6.07, 6.45) is 4.29. The van der Waals surface area contributed by atoms with Crippen molar-refractivity contribution in [3.63, 3.8) is 0 Å². The second-order valence-corrected chi connectivity index (χ2v) is 6.79. The van der Waals surface area contributed by atoms with Crippen molar-refractivity contribution < 1.29 is 23.7 Å². The number of fused-ring (bicyclic) bond motifs is 3. The van der Waals surface area contributed by atoms with E-state index in [1.165, 1.54) is 6.21 Å². The number of nitrogens with one attached hydrogen (secondary N) is 1. The predicted molar refractivity (Wildman–Crippen MR) is 112 cm³/mol. The molecule has 2 aliphatic rings. The van der Waals surface area contributed by atoms with E-state index in [1.54, 1.807) is 6.08 Å². The Kier molecular flexibility index (Phi) is 4.69. The van der Waals surface area contributed by atoms with E-state index >= 15 is 0 Å². The molecule has 3 aromatic carbocycles. The van der Waals surface area contributed by atoms with Crippen LogP contribution >= 0.6 is 0 Å². The van der Waals surface area contributed by atoms with E-state index < -0.39 is 6.10 Å². The molecule has 7 nitrogen and oxygen atoms in total. The van der Waals surface area contributed by atoms with Gasteiger partial charge in [-0.05, 0) is 46.7 Å². The van der Waals surface area contributed by atoms with Crippen molar-refractivity contribution in [3.8, 4) is 23.0 Å². The summed E-state index contributed by atoms with van der Waals surface area (Å²) in [4.78, 5) is 12.3. The van der Waals surface area contributed by atoms with Crippen LogP contribution in [0.5, 0.6) is 23.0 Å². The van der Waals surface area contributed by atoms with Gasteiger partial charge in [-0.15, -0.1) is 0 Å². The molecular weight excluding hydrogens is 384 g/mol. The van der Waals surface area contributed by atoms with Crippen molar-refractivity contribution in [2.24, 2.45) is 5.10 Å². The molecule has 30 heavy (non-hydrogen) atoms. The molecule has 1 N–H and O–H groups in total. The topological polar surface area (TPSA) is 78.4 Å². The molecule has 1 unspecified atom stereocenters. The smallest absolute Gasteiger partial charge is 0.284 e. The first-order valence-corrected chi connectivity index (χ1v) is 9.48. The maximum absolute atomic E-state index is 12.3. The first-order chi connectivity index (χ1) is 14.8. The lowest BCUT2D eigenvalue weighted by Gasteiger charge is -2.25. The van der Waals surface area contributed by atoms with Gasteiger partial charge in [0.25, 0.3) is 5.91 Å². The molecule has 2 heterocycles. The highest BCUT2D eigenvalue weighted by Gasteiger charge is 2.27. The minimum atomic E-state index is -0.770. The number of nitrogens with zero attached hydrogens (tertiary/aromatic N) is 1. The van der Waals surface area contributed by atoms with Crippen LogP contribution < -0.4 is 24.4 Å². The van der Waals surface area contributed by atoms with Gasteiger partial charge in [-0.25, -0.2) is 5.43 Å². The fourth-order valence-electron chi connectivity index (χ4n) is 3.27. The highest BCUT2D eigenvalue weighted by Crippen LogP contribution is 2.36.